The Morgan fingerprint density at radius 2 is 2.25 bits per heavy atom. The molecule has 3 aromatic rings. The number of fused-ring (bicyclic) bond motifs is 1. The van der Waals surface area contributed by atoms with Crippen molar-refractivity contribution in [2.24, 2.45) is 7.05 Å². The molecule has 0 spiro atoms. The quantitative estimate of drug-likeness (QED) is 0.570. The smallest absolute Gasteiger partial charge is 0.242 e. The predicted octanol–water partition coefficient (Wildman–Crippen LogP) is 2.10. The maximum absolute atomic E-state index is 14.4. The van der Waals surface area contributed by atoms with Gasteiger partial charge >= 0.3 is 0 Å². The Hall–Kier alpha value is -1.75. The normalized spacial score (nSPS) is 18.5. The van der Waals surface area contributed by atoms with Gasteiger partial charge in [0.25, 0.3) is 0 Å². The zero-order valence-electron chi connectivity index (χ0n) is 13.3. The van der Waals surface area contributed by atoms with E-state index < -0.39 is 5.95 Å². The van der Waals surface area contributed by atoms with Crippen molar-refractivity contribution in [2.45, 2.75) is 13.0 Å². The molecule has 0 radical (unpaired) electrons. The Kier molecular flexibility index (Phi) is 3.91. The number of aromatic nitrogens is 5. The van der Waals surface area contributed by atoms with E-state index in [2.05, 4.69) is 27.0 Å². The van der Waals surface area contributed by atoms with Crippen LogP contribution >= 0.6 is 22.6 Å². The summed E-state index contributed by atoms with van der Waals surface area (Å²) in [5, 5.41) is 8.82. The molecule has 1 atom stereocenters. The van der Waals surface area contributed by atoms with Gasteiger partial charge in [0.1, 0.15) is 5.52 Å². The number of imidazole rings is 1. The fourth-order valence-corrected chi connectivity index (χ4v) is 3.61. The summed E-state index contributed by atoms with van der Waals surface area (Å²) in [5.74, 6) is 0.259. The molecule has 4 rings (SSSR count). The molecule has 3 aromatic heterocycles. The molecule has 1 saturated heterocycles. The first-order valence-corrected chi connectivity index (χ1v) is 8.71. The van der Waals surface area contributed by atoms with Crippen LogP contribution in [-0.2, 0) is 11.8 Å². The van der Waals surface area contributed by atoms with E-state index in [-0.39, 0.29) is 6.04 Å². The van der Waals surface area contributed by atoms with Gasteiger partial charge in [0.2, 0.25) is 5.95 Å². The first-order chi connectivity index (χ1) is 11.6. The zero-order valence-corrected chi connectivity index (χ0v) is 15.4. The average Bonchev–Trinajstić information content (AvgIpc) is 3.11. The van der Waals surface area contributed by atoms with Crippen LogP contribution in [0.15, 0.2) is 18.3 Å². The number of aryl methyl sites for hydroxylation is 1. The van der Waals surface area contributed by atoms with Gasteiger partial charge in [-0.2, -0.15) is 14.5 Å². The molecule has 0 N–H and O–H groups in total. The largest absolute Gasteiger partial charge is 0.377 e. The number of halogens is 2. The van der Waals surface area contributed by atoms with Crippen LogP contribution in [-0.4, -0.2) is 50.2 Å². The highest BCUT2D eigenvalue weighted by molar-refractivity contribution is 14.1. The molecule has 0 amide bonds. The number of nitrogens with zero attached hydrogens (tertiary/aromatic N) is 6. The molecule has 0 aliphatic carbocycles. The van der Waals surface area contributed by atoms with Crippen molar-refractivity contribution >= 4 is 33.9 Å². The van der Waals surface area contributed by atoms with E-state index in [1.807, 2.05) is 41.8 Å². The number of hydrogen-bond donors (Lipinski definition) is 0. The summed E-state index contributed by atoms with van der Waals surface area (Å²) in [7, 11) is 1.84. The van der Waals surface area contributed by atoms with Gasteiger partial charge in [0.15, 0.2) is 9.65 Å². The number of anilines is 1. The first-order valence-electron chi connectivity index (χ1n) is 7.64. The molecule has 4 heterocycles. The van der Waals surface area contributed by atoms with Gasteiger partial charge < -0.3 is 9.64 Å². The molecule has 0 unspecified atom stereocenters. The highest BCUT2D eigenvalue weighted by Gasteiger charge is 2.25. The fourth-order valence-electron chi connectivity index (χ4n) is 3.05. The Labute approximate surface area is 151 Å². The van der Waals surface area contributed by atoms with Crippen molar-refractivity contribution in [3.05, 3.63) is 28.1 Å². The number of rotatable bonds is 2. The van der Waals surface area contributed by atoms with E-state index in [9.17, 15) is 4.39 Å². The van der Waals surface area contributed by atoms with Crippen LogP contribution in [0.5, 0.6) is 0 Å². The second-order valence-corrected chi connectivity index (χ2v) is 6.77. The summed E-state index contributed by atoms with van der Waals surface area (Å²) in [5.41, 5.74) is 1.92. The molecule has 1 fully saturated rings. The molecule has 0 aromatic carbocycles. The highest BCUT2D eigenvalue weighted by atomic mass is 127. The lowest BCUT2D eigenvalue weighted by atomic mass is 10.1. The summed E-state index contributed by atoms with van der Waals surface area (Å²) in [6.45, 7) is 4.14. The van der Waals surface area contributed by atoms with Crippen molar-refractivity contribution in [1.29, 1.82) is 0 Å². The van der Waals surface area contributed by atoms with Crippen LogP contribution in [0.25, 0.3) is 16.8 Å². The minimum atomic E-state index is -0.523. The van der Waals surface area contributed by atoms with Gasteiger partial charge in [-0.15, -0.1) is 5.10 Å². The number of ether oxygens (including phenoxy) is 1. The van der Waals surface area contributed by atoms with E-state index in [0.29, 0.717) is 22.6 Å². The van der Waals surface area contributed by atoms with Gasteiger partial charge in [-0.3, -0.25) is 4.68 Å². The molecule has 0 saturated carbocycles. The van der Waals surface area contributed by atoms with E-state index in [1.165, 1.54) is 0 Å². The Balaban J connectivity index is 1.97. The monoisotopic (exact) mass is 442 g/mol. The summed E-state index contributed by atoms with van der Waals surface area (Å²) in [4.78, 5) is 6.12. The maximum atomic E-state index is 14.4. The Bertz CT molecular complexity index is 907. The third-order valence-electron chi connectivity index (χ3n) is 4.26. The molecule has 1 aliphatic rings. The second-order valence-electron chi connectivity index (χ2n) is 5.81. The molecule has 24 heavy (non-hydrogen) atoms. The van der Waals surface area contributed by atoms with E-state index in [4.69, 9.17) is 4.74 Å². The van der Waals surface area contributed by atoms with Crippen molar-refractivity contribution in [3.63, 3.8) is 0 Å². The Morgan fingerprint density at radius 3 is 2.96 bits per heavy atom. The number of morpholine rings is 1. The van der Waals surface area contributed by atoms with Gasteiger partial charge in [0, 0.05) is 47.9 Å². The lowest BCUT2D eigenvalue weighted by Gasteiger charge is -2.34. The topological polar surface area (TPSA) is 60.5 Å². The lowest BCUT2D eigenvalue weighted by molar-refractivity contribution is 0.0984. The summed E-state index contributed by atoms with van der Waals surface area (Å²) in [6.07, 6.45) is 1.70. The fraction of sp³-hybridized carbons (Fsp3) is 0.400. The Morgan fingerprint density at radius 1 is 1.42 bits per heavy atom. The van der Waals surface area contributed by atoms with E-state index >= 15 is 0 Å². The zero-order chi connectivity index (χ0) is 16.8. The summed E-state index contributed by atoms with van der Waals surface area (Å²) in [6, 6.07) is 3.98. The van der Waals surface area contributed by atoms with E-state index in [1.54, 1.807) is 15.4 Å². The molecular weight excluding hydrogens is 426 g/mol. The molecule has 7 nitrogen and oxygen atoms in total. The van der Waals surface area contributed by atoms with Crippen molar-refractivity contribution in [1.82, 2.24) is 24.4 Å². The third kappa shape index (κ3) is 2.46. The highest BCUT2D eigenvalue weighted by Crippen LogP contribution is 2.31. The van der Waals surface area contributed by atoms with Crippen LogP contribution in [0.2, 0.25) is 0 Å². The molecule has 1 aliphatic heterocycles. The minimum absolute atomic E-state index is 0.203. The van der Waals surface area contributed by atoms with Gasteiger partial charge in [0.05, 0.1) is 24.9 Å². The molecule has 0 bridgehead atoms. The minimum Gasteiger partial charge on any atom is -0.377 e. The van der Waals surface area contributed by atoms with E-state index in [0.717, 1.165) is 23.6 Å². The summed E-state index contributed by atoms with van der Waals surface area (Å²) >= 11 is 2.00. The second kappa shape index (κ2) is 5.96. The molecule has 9 heteroatoms. The van der Waals surface area contributed by atoms with Crippen LogP contribution in [0, 0.1) is 9.78 Å². The van der Waals surface area contributed by atoms with Crippen LogP contribution in [0.1, 0.15) is 6.92 Å². The SMILES string of the molecule is C[C@@H]1COCCN1c1cc(-c2ccnn2C)c2c(F)nc(I)n2n1. The number of hydrogen-bond acceptors (Lipinski definition) is 5. The first kappa shape index (κ1) is 15.8. The maximum Gasteiger partial charge on any atom is 0.242 e. The average molecular weight is 442 g/mol. The van der Waals surface area contributed by atoms with Gasteiger partial charge in [-0.1, -0.05) is 0 Å². The van der Waals surface area contributed by atoms with Crippen molar-refractivity contribution < 1.29 is 9.13 Å². The summed E-state index contributed by atoms with van der Waals surface area (Å²) < 4.78 is 23.7. The van der Waals surface area contributed by atoms with Crippen molar-refractivity contribution in [2.75, 3.05) is 24.7 Å². The van der Waals surface area contributed by atoms with Gasteiger partial charge in [-0.25, -0.2) is 4.52 Å². The van der Waals surface area contributed by atoms with Gasteiger partial charge in [-0.05, 0) is 19.1 Å². The lowest BCUT2D eigenvalue weighted by Crippen LogP contribution is -2.44. The van der Waals surface area contributed by atoms with Crippen LogP contribution in [0.4, 0.5) is 10.2 Å². The third-order valence-corrected chi connectivity index (χ3v) is 4.96. The predicted molar refractivity (Wildman–Crippen MR) is 95.5 cm³/mol. The van der Waals surface area contributed by atoms with Crippen LogP contribution in [0.3, 0.4) is 0 Å². The molecule has 126 valence electrons. The van der Waals surface area contributed by atoms with Crippen molar-refractivity contribution in [3.8, 4) is 11.3 Å². The standard InChI is InChI=1S/C15H16FIN6O/c1-9-8-24-6-5-22(9)12-7-10(11-3-4-18-21(11)2)13-14(16)19-15(17)23(13)20-12/h3-4,7,9H,5-6,8H2,1-2H3/t9-/m1/s1. The van der Waals surface area contributed by atoms with Crippen LogP contribution < -0.4 is 4.90 Å². The molecular formula is C15H16FIN6O.